The van der Waals surface area contributed by atoms with E-state index in [2.05, 4.69) is 32.3 Å². The second-order valence-corrected chi connectivity index (χ2v) is 5.21. The molecule has 1 fully saturated rings. The molecule has 21 heavy (non-hydrogen) atoms. The van der Waals surface area contributed by atoms with Gasteiger partial charge in [0.05, 0.1) is 19.4 Å². The summed E-state index contributed by atoms with van der Waals surface area (Å²) >= 11 is 5.11. The van der Waals surface area contributed by atoms with Crippen molar-refractivity contribution in [3.63, 3.8) is 0 Å². The second-order valence-electron chi connectivity index (χ2n) is 4.82. The van der Waals surface area contributed by atoms with Gasteiger partial charge in [-0.05, 0) is 36.8 Å². The first-order valence-corrected chi connectivity index (χ1v) is 7.26. The van der Waals surface area contributed by atoms with Crippen LogP contribution in [0.2, 0.25) is 0 Å². The average molecular weight is 303 g/mol. The van der Waals surface area contributed by atoms with Crippen molar-refractivity contribution in [2.45, 2.75) is 6.92 Å². The number of H-pyrrole nitrogens is 1. The normalized spacial score (nSPS) is 15.8. The SMILES string of the molecule is Cc1n[nH]c(=S)n1/N=C\c1ccc(N2CCOCC2)cc1. The van der Waals surface area contributed by atoms with Gasteiger partial charge < -0.3 is 9.64 Å². The lowest BCUT2D eigenvalue weighted by atomic mass is 10.2. The zero-order valence-electron chi connectivity index (χ0n) is 11.8. The number of nitrogens with zero attached hydrogens (tertiary/aromatic N) is 4. The Morgan fingerprint density at radius 2 is 2.00 bits per heavy atom. The molecule has 0 saturated carbocycles. The van der Waals surface area contributed by atoms with Crippen LogP contribution in [-0.4, -0.2) is 47.4 Å². The molecule has 0 unspecified atom stereocenters. The zero-order chi connectivity index (χ0) is 14.7. The monoisotopic (exact) mass is 303 g/mol. The van der Waals surface area contributed by atoms with Gasteiger partial charge in [0.1, 0.15) is 5.82 Å². The van der Waals surface area contributed by atoms with E-state index in [-0.39, 0.29) is 0 Å². The number of morpholine rings is 1. The predicted molar refractivity (Wildman–Crippen MR) is 84.6 cm³/mol. The highest BCUT2D eigenvalue weighted by Gasteiger charge is 2.10. The van der Waals surface area contributed by atoms with Crippen LogP contribution in [0.15, 0.2) is 29.4 Å². The summed E-state index contributed by atoms with van der Waals surface area (Å²) in [5.74, 6) is 0.737. The summed E-state index contributed by atoms with van der Waals surface area (Å²) in [6.45, 7) is 5.32. The van der Waals surface area contributed by atoms with E-state index < -0.39 is 0 Å². The molecule has 1 aliphatic heterocycles. The first-order chi connectivity index (χ1) is 10.2. The van der Waals surface area contributed by atoms with Crippen LogP contribution in [0.1, 0.15) is 11.4 Å². The fourth-order valence-electron chi connectivity index (χ4n) is 2.22. The van der Waals surface area contributed by atoms with Crippen molar-refractivity contribution in [1.29, 1.82) is 0 Å². The highest BCUT2D eigenvalue weighted by Crippen LogP contribution is 2.16. The topological polar surface area (TPSA) is 58.4 Å². The summed E-state index contributed by atoms with van der Waals surface area (Å²) in [7, 11) is 0. The van der Waals surface area contributed by atoms with E-state index >= 15 is 0 Å². The van der Waals surface area contributed by atoms with E-state index in [1.54, 1.807) is 10.9 Å². The van der Waals surface area contributed by atoms with E-state index in [4.69, 9.17) is 17.0 Å². The van der Waals surface area contributed by atoms with Crippen molar-refractivity contribution in [2.24, 2.45) is 5.10 Å². The van der Waals surface area contributed by atoms with Crippen LogP contribution in [0.5, 0.6) is 0 Å². The minimum atomic E-state index is 0.494. The maximum absolute atomic E-state index is 5.36. The standard InChI is InChI=1S/C14H17N5OS/c1-11-16-17-14(21)19(11)15-10-12-2-4-13(5-3-12)18-6-8-20-9-7-18/h2-5,10H,6-9H2,1H3,(H,17,21)/b15-10-. The first kappa shape index (κ1) is 14.0. The number of hydrogen-bond acceptors (Lipinski definition) is 5. The fourth-order valence-corrected chi connectivity index (χ4v) is 2.45. The second kappa shape index (κ2) is 6.19. The number of aromatic nitrogens is 3. The summed E-state index contributed by atoms with van der Waals surface area (Å²) in [6, 6.07) is 8.31. The summed E-state index contributed by atoms with van der Waals surface area (Å²) in [6.07, 6.45) is 1.78. The van der Waals surface area contributed by atoms with Crippen LogP contribution in [-0.2, 0) is 4.74 Å². The van der Waals surface area contributed by atoms with Gasteiger partial charge in [-0.2, -0.15) is 14.9 Å². The molecule has 1 saturated heterocycles. The van der Waals surface area contributed by atoms with Crippen LogP contribution in [0, 0.1) is 11.7 Å². The molecule has 110 valence electrons. The van der Waals surface area contributed by atoms with Crippen molar-refractivity contribution in [3.05, 3.63) is 40.4 Å². The van der Waals surface area contributed by atoms with Gasteiger partial charge in [-0.15, -0.1) is 0 Å². The lowest BCUT2D eigenvalue weighted by Gasteiger charge is -2.28. The van der Waals surface area contributed by atoms with Gasteiger partial charge in [0, 0.05) is 18.8 Å². The molecule has 6 nitrogen and oxygen atoms in total. The maximum atomic E-state index is 5.36. The fraction of sp³-hybridized carbons (Fsp3) is 0.357. The lowest BCUT2D eigenvalue weighted by molar-refractivity contribution is 0.122. The van der Waals surface area contributed by atoms with E-state index in [9.17, 15) is 0 Å². The Labute approximate surface area is 128 Å². The number of anilines is 1. The van der Waals surface area contributed by atoms with Gasteiger partial charge in [-0.3, -0.25) is 5.10 Å². The quantitative estimate of drug-likeness (QED) is 0.696. The summed E-state index contributed by atoms with van der Waals surface area (Å²) in [4.78, 5) is 2.32. The van der Waals surface area contributed by atoms with Crippen molar-refractivity contribution >= 4 is 24.1 Å². The number of nitrogens with one attached hydrogen (secondary N) is 1. The molecule has 0 spiro atoms. The summed E-state index contributed by atoms with van der Waals surface area (Å²) < 4.78 is 7.46. The molecular formula is C14H17N5OS. The maximum Gasteiger partial charge on any atom is 0.216 e. The summed E-state index contributed by atoms with van der Waals surface area (Å²) in [5, 5.41) is 11.1. The number of benzene rings is 1. The van der Waals surface area contributed by atoms with Crippen molar-refractivity contribution in [3.8, 4) is 0 Å². The highest BCUT2D eigenvalue weighted by atomic mass is 32.1. The molecule has 2 heterocycles. The Kier molecular flexibility index (Phi) is 4.12. The number of ether oxygens (including phenoxy) is 1. The van der Waals surface area contributed by atoms with Crippen LogP contribution in [0.25, 0.3) is 0 Å². The lowest BCUT2D eigenvalue weighted by Crippen LogP contribution is -2.36. The Morgan fingerprint density at radius 1 is 1.29 bits per heavy atom. The van der Waals surface area contributed by atoms with E-state index in [1.165, 1.54) is 5.69 Å². The number of aromatic amines is 1. The highest BCUT2D eigenvalue weighted by molar-refractivity contribution is 7.71. The third-order valence-corrected chi connectivity index (χ3v) is 3.67. The van der Waals surface area contributed by atoms with Crippen molar-refractivity contribution in [2.75, 3.05) is 31.2 Å². The van der Waals surface area contributed by atoms with Crippen molar-refractivity contribution in [1.82, 2.24) is 14.9 Å². The van der Waals surface area contributed by atoms with Gasteiger partial charge in [0.25, 0.3) is 0 Å². The molecule has 0 radical (unpaired) electrons. The molecule has 0 aliphatic carbocycles. The van der Waals surface area contributed by atoms with Gasteiger partial charge in [-0.1, -0.05) is 12.1 Å². The van der Waals surface area contributed by atoms with E-state index in [0.717, 1.165) is 37.7 Å². The minimum absolute atomic E-state index is 0.494. The summed E-state index contributed by atoms with van der Waals surface area (Å²) in [5.41, 5.74) is 2.24. The zero-order valence-corrected chi connectivity index (χ0v) is 12.6. The number of rotatable bonds is 3. The molecule has 0 amide bonds. The van der Waals surface area contributed by atoms with Gasteiger partial charge in [-0.25, -0.2) is 0 Å². The molecule has 2 aromatic rings. The Balaban J connectivity index is 1.74. The van der Waals surface area contributed by atoms with Gasteiger partial charge in [0.15, 0.2) is 0 Å². The van der Waals surface area contributed by atoms with E-state index in [0.29, 0.717) is 4.77 Å². The molecular weight excluding hydrogens is 286 g/mol. The molecule has 1 N–H and O–H groups in total. The largest absolute Gasteiger partial charge is 0.378 e. The predicted octanol–water partition coefficient (Wildman–Crippen LogP) is 1.97. The van der Waals surface area contributed by atoms with E-state index in [1.807, 2.05) is 19.1 Å². The minimum Gasteiger partial charge on any atom is -0.378 e. The van der Waals surface area contributed by atoms with Crippen LogP contribution in [0.3, 0.4) is 0 Å². The Bertz CT molecular complexity index is 682. The number of aryl methyl sites for hydroxylation is 1. The van der Waals surface area contributed by atoms with Crippen LogP contribution >= 0.6 is 12.2 Å². The third kappa shape index (κ3) is 3.20. The van der Waals surface area contributed by atoms with Gasteiger partial charge >= 0.3 is 0 Å². The molecule has 0 bridgehead atoms. The van der Waals surface area contributed by atoms with Crippen LogP contribution in [0.4, 0.5) is 5.69 Å². The number of hydrogen-bond donors (Lipinski definition) is 1. The third-order valence-electron chi connectivity index (χ3n) is 3.40. The average Bonchev–Trinajstić information content (AvgIpc) is 2.85. The smallest absolute Gasteiger partial charge is 0.216 e. The molecule has 0 atom stereocenters. The molecule has 7 heteroatoms. The molecule has 1 aliphatic rings. The Hall–Kier alpha value is -1.99. The molecule has 1 aromatic heterocycles. The van der Waals surface area contributed by atoms with Gasteiger partial charge in [0.2, 0.25) is 4.77 Å². The Morgan fingerprint density at radius 3 is 2.62 bits per heavy atom. The molecule has 1 aromatic carbocycles. The molecule has 3 rings (SSSR count). The van der Waals surface area contributed by atoms with Crippen molar-refractivity contribution < 1.29 is 4.74 Å². The first-order valence-electron chi connectivity index (χ1n) is 6.85. The van der Waals surface area contributed by atoms with Crippen LogP contribution < -0.4 is 4.90 Å².